The van der Waals surface area contributed by atoms with E-state index in [0.29, 0.717) is 11.3 Å². The third-order valence-electron chi connectivity index (χ3n) is 3.52. The standard InChI is InChI=1S/C19H20O2S/c1-5-22-19(21)17-11-15(7-9-18(17)20)16-8-6-14(12(2)3)10-13(16)4/h6-11,20H,2,5H2,1,3-4H3. The van der Waals surface area contributed by atoms with Crippen molar-refractivity contribution in [2.24, 2.45) is 0 Å². The third-order valence-corrected chi connectivity index (χ3v) is 4.29. The van der Waals surface area contributed by atoms with Crippen LogP contribution in [0.1, 0.15) is 35.3 Å². The number of allylic oxidation sites excluding steroid dienone is 1. The van der Waals surface area contributed by atoms with Gasteiger partial charge in [-0.15, -0.1) is 0 Å². The van der Waals surface area contributed by atoms with E-state index >= 15 is 0 Å². The predicted molar refractivity (Wildman–Crippen MR) is 95.5 cm³/mol. The Labute approximate surface area is 135 Å². The van der Waals surface area contributed by atoms with E-state index in [1.54, 1.807) is 12.1 Å². The van der Waals surface area contributed by atoms with Gasteiger partial charge < -0.3 is 5.11 Å². The van der Waals surface area contributed by atoms with Crippen LogP contribution in [0.3, 0.4) is 0 Å². The summed E-state index contributed by atoms with van der Waals surface area (Å²) in [6, 6.07) is 11.3. The predicted octanol–water partition coefficient (Wildman–Crippen LogP) is 5.29. The second-order valence-electron chi connectivity index (χ2n) is 5.26. The Morgan fingerprint density at radius 3 is 2.55 bits per heavy atom. The molecular weight excluding hydrogens is 292 g/mol. The van der Waals surface area contributed by atoms with Gasteiger partial charge in [0.15, 0.2) is 0 Å². The van der Waals surface area contributed by atoms with Gasteiger partial charge in [0, 0.05) is 0 Å². The molecule has 2 nitrogen and oxygen atoms in total. The molecule has 0 aliphatic heterocycles. The van der Waals surface area contributed by atoms with Crippen LogP contribution in [0.2, 0.25) is 0 Å². The van der Waals surface area contributed by atoms with Crippen LogP contribution in [0.4, 0.5) is 0 Å². The van der Waals surface area contributed by atoms with Gasteiger partial charge in [0.2, 0.25) is 5.12 Å². The molecule has 0 aromatic heterocycles. The van der Waals surface area contributed by atoms with Crippen LogP contribution < -0.4 is 0 Å². The average Bonchev–Trinajstić information content (AvgIpc) is 2.48. The quantitative estimate of drug-likeness (QED) is 0.833. The van der Waals surface area contributed by atoms with Crippen LogP contribution in [0.15, 0.2) is 43.0 Å². The summed E-state index contributed by atoms with van der Waals surface area (Å²) in [4.78, 5) is 12.1. The van der Waals surface area contributed by atoms with Gasteiger partial charge in [0.1, 0.15) is 5.75 Å². The summed E-state index contributed by atoms with van der Waals surface area (Å²) in [5.41, 5.74) is 5.61. The Morgan fingerprint density at radius 1 is 1.23 bits per heavy atom. The van der Waals surface area contributed by atoms with Crippen molar-refractivity contribution in [2.45, 2.75) is 20.8 Å². The maximum Gasteiger partial charge on any atom is 0.223 e. The fraction of sp³-hybridized carbons (Fsp3) is 0.211. The Bertz CT molecular complexity index is 732. The second kappa shape index (κ2) is 6.84. The van der Waals surface area contributed by atoms with E-state index in [2.05, 4.69) is 12.6 Å². The average molecular weight is 312 g/mol. The molecular formula is C19H20O2S. The zero-order valence-electron chi connectivity index (χ0n) is 13.1. The first-order valence-corrected chi connectivity index (χ1v) is 8.19. The molecule has 22 heavy (non-hydrogen) atoms. The fourth-order valence-corrected chi connectivity index (χ4v) is 2.91. The number of aromatic hydroxyl groups is 1. The van der Waals surface area contributed by atoms with Gasteiger partial charge >= 0.3 is 0 Å². The Kier molecular flexibility index (Phi) is 5.09. The van der Waals surface area contributed by atoms with E-state index in [0.717, 1.165) is 27.8 Å². The van der Waals surface area contributed by atoms with Gasteiger partial charge in [-0.3, -0.25) is 4.79 Å². The number of carbonyl (C=O) groups excluding carboxylic acids is 1. The number of benzene rings is 2. The van der Waals surface area contributed by atoms with E-state index in [1.807, 2.05) is 39.0 Å². The van der Waals surface area contributed by atoms with E-state index in [9.17, 15) is 9.90 Å². The lowest BCUT2D eigenvalue weighted by molar-refractivity contribution is 0.108. The van der Waals surface area contributed by atoms with E-state index in [1.165, 1.54) is 11.8 Å². The SMILES string of the molecule is C=C(C)c1ccc(-c2ccc(O)c(C(=O)SCC)c2)c(C)c1. The smallest absolute Gasteiger partial charge is 0.223 e. The number of aryl methyl sites for hydroxylation is 1. The largest absolute Gasteiger partial charge is 0.507 e. The highest BCUT2D eigenvalue weighted by Gasteiger charge is 2.13. The molecule has 0 saturated heterocycles. The molecule has 3 heteroatoms. The highest BCUT2D eigenvalue weighted by atomic mass is 32.2. The van der Waals surface area contributed by atoms with Crippen LogP contribution in [0.5, 0.6) is 5.75 Å². The minimum atomic E-state index is -0.0990. The van der Waals surface area contributed by atoms with Crippen molar-refractivity contribution < 1.29 is 9.90 Å². The summed E-state index contributed by atoms with van der Waals surface area (Å²) in [6.07, 6.45) is 0. The summed E-state index contributed by atoms with van der Waals surface area (Å²) in [7, 11) is 0. The van der Waals surface area contributed by atoms with Crippen molar-refractivity contribution in [3.05, 3.63) is 59.7 Å². The van der Waals surface area contributed by atoms with Crippen LogP contribution in [0.25, 0.3) is 16.7 Å². The Hall–Kier alpha value is -2.00. The normalized spacial score (nSPS) is 10.5. The van der Waals surface area contributed by atoms with Gasteiger partial charge in [-0.2, -0.15) is 0 Å². The van der Waals surface area contributed by atoms with Gasteiger partial charge in [-0.05, 0) is 54.0 Å². The van der Waals surface area contributed by atoms with Crippen molar-refractivity contribution in [3.63, 3.8) is 0 Å². The lowest BCUT2D eigenvalue weighted by Crippen LogP contribution is -1.96. The van der Waals surface area contributed by atoms with Crippen molar-refractivity contribution in [2.75, 3.05) is 5.75 Å². The molecule has 0 radical (unpaired) electrons. The summed E-state index contributed by atoms with van der Waals surface area (Å²) in [5, 5.41) is 9.82. The number of thioether (sulfide) groups is 1. The molecule has 114 valence electrons. The Balaban J connectivity index is 2.47. The monoisotopic (exact) mass is 312 g/mol. The molecule has 0 fully saturated rings. The highest BCUT2D eigenvalue weighted by molar-refractivity contribution is 8.14. The van der Waals surface area contributed by atoms with Crippen molar-refractivity contribution in [1.29, 1.82) is 0 Å². The molecule has 0 amide bonds. The maximum absolute atomic E-state index is 12.1. The second-order valence-corrected chi connectivity index (χ2v) is 6.50. The molecule has 2 aromatic carbocycles. The molecule has 0 bridgehead atoms. The van der Waals surface area contributed by atoms with Crippen molar-refractivity contribution in [3.8, 4) is 16.9 Å². The number of phenolic OH excluding ortho intramolecular Hbond substituents is 1. The fourth-order valence-electron chi connectivity index (χ4n) is 2.33. The minimum Gasteiger partial charge on any atom is -0.507 e. The van der Waals surface area contributed by atoms with Crippen LogP contribution >= 0.6 is 11.8 Å². The van der Waals surface area contributed by atoms with E-state index in [-0.39, 0.29) is 10.9 Å². The van der Waals surface area contributed by atoms with Gasteiger partial charge in [-0.25, -0.2) is 0 Å². The van der Waals surface area contributed by atoms with E-state index < -0.39 is 0 Å². The number of carbonyl (C=O) groups is 1. The number of rotatable bonds is 4. The molecule has 2 aromatic rings. The van der Waals surface area contributed by atoms with Crippen LogP contribution in [0, 0.1) is 6.92 Å². The van der Waals surface area contributed by atoms with Gasteiger partial charge in [-0.1, -0.05) is 55.1 Å². The zero-order chi connectivity index (χ0) is 16.3. The maximum atomic E-state index is 12.1. The first kappa shape index (κ1) is 16.4. The molecule has 1 N–H and O–H groups in total. The lowest BCUT2D eigenvalue weighted by Gasteiger charge is -2.11. The molecule has 0 spiro atoms. The van der Waals surface area contributed by atoms with Crippen LogP contribution in [-0.4, -0.2) is 16.0 Å². The van der Waals surface area contributed by atoms with Crippen molar-refractivity contribution in [1.82, 2.24) is 0 Å². The first-order chi connectivity index (χ1) is 10.4. The third kappa shape index (κ3) is 3.42. The highest BCUT2D eigenvalue weighted by Crippen LogP contribution is 2.31. The molecule has 0 aliphatic rings. The summed E-state index contributed by atoms with van der Waals surface area (Å²) >= 11 is 1.20. The van der Waals surface area contributed by atoms with E-state index in [4.69, 9.17) is 0 Å². The number of hydrogen-bond acceptors (Lipinski definition) is 3. The van der Waals surface area contributed by atoms with Gasteiger partial charge in [0.25, 0.3) is 0 Å². The summed E-state index contributed by atoms with van der Waals surface area (Å²) < 4.78 is 0. The minimum absolute atomic E-state index is 0.0332. The number of hydrogen-bond donors (Lipinski definition) is 1. The zero-order valence-corrected chi connectivity index (χ0v) is 14.0. The van der Waals surface area contributed by atoms with Crippen LogP contribution in [-0.2, 0) is 0 Å². The molecule has 0 saturated carbocycles. The summed E-state index contributed by atoms with van der Waals surface area (Å²) in [6.45, 7) is 9.90. The molecule has 2 rings (SSSR count). The summed E-state index contributed by atoms with van der Waals surface area (Å²) in [5.74, 6) is 0.723. The number of phenols is 1. The van der Waals surface area contributed by atoms with Gasteiger partial charge in [0.05, 0.1) is 5.56 Å². The topological polar surface area (TPSA) is 37.3 Å². The lowest BCUT2D eigenvalue weighted by atomic mass is 9.95. The first-order valence-electron chi connectivity index (χ1n) is 7.21. The molecule has 0 heterocycles. The Morgan fingerprint density at radius 2 is 1.95 bits per heavy atom. The molecule has 0 unspecified atom stereocenters. The van der Waals surface area contributed by atoms with Crippen molar-refractivity contribution >= 4 is 22.5 Å². The molecule has 0 aliphatic carbocycles. The molecule has 0 atom stereocenters.